The van der Waals surface area contributed by atoms with Gasteiger partial charge in [0, 0.05) is 24.8 Å². The number of thioether (sulfide) groups is 1. The fraction of sp³-hybridized carbons (Fsp3) is 0.250. The van der Waals surface area contributed by atoms with Crippen LogP contribution in [0, 0.1) is 6.92 Å². The first-order valence-electron chi connectivity index (χ1n) is 8.79. The number of methoxy groups -OCH3 is 1. The molecule has 0 radical (unpaired) electrons. The minimum absolute atomic E-state index is 0.266. The number of sulfonamides is 1. The molecule has 1 aromatic heterocycles. The zero-order chi connectivity index (χ0) is 19.7. The van der Waals surface area contributed by atoms with Crippen LogP contribution >= 0.6 is 11.8 Å². The first kappa shape index (κ1) is 19.0. The van der Waals surface area contributed by atoms with Crippen molar-refractivity contribution in [3.05, 3.63) is 66.2 Å². The summed E-state index contributed by atoms with van der Waals surface area (Å²) in [6.07, 6.45) is 1.56. The summed E-state index contributed by atoms with van der Waals surface area (Å²) in [6, 6.07) is 14.3. The van der Waals surface area contributed by atoms with E-state index < -0.39 is 10.0 Å². The Morgan fingerprint density at radius 3 is 2.68 bits per heavy atom. The molecule has 0 aliphatic carbocycles. The van der Waals surface area contributed by atoms with E-state index in [4.69, 9.17) is 9.15 Å². The predicted octanol–water partition coefficient (Wildman–Crippen LogP) is 4.09. The molecule has 0 bridgehead atoms. The van der Waals surface area contributed by atoms with E-state index in [2.05, 4.69) is 4.98 Å². The lowest BCUT2D eigenvalue weighted by Gasteiger charge is -2.24. The molecule has 0 saturated carbocycles. The van der Waals surface area contributed by atoms with Gasteiger partial charge in [-0.05, 0) is 29.8 Å². The molecule has 8 heteroatoms. The number of ether oxygens (including phenoxy) is 1. The second-order valence-electron chi connectivity index (χ2n) is 6.39. The Kier molecular flexibility index (Phi) is 5.18. The fourth-order valence-electron chi connectivity index (χ4n) is 3.19. The van der Waals surface area contributed by atoms with Crippen LogP contribution in [0.4, 0.5) is 0 Å². The molecule has 28 heavy (non-hydrogen) atoms. The molecule has 3 aromatic rings. The maximum absolute atomic E-state index is 13.3. The van der Waals surface area contributed by atoms with Crippen molar-refractivity contribution in [3.63, 3.8) is 0 Å². The van der Waals surface area contributed by atoms with Crippen molar-refractivity contribution in [3.8, 4) is 17.0 Å². The Balaban J connectivity index is 1.63. The van der Waals surface area contributed by atoms with Crippen LogP contribution in [0.5, 0.6) is 5.75 Å². The van der Waals surface area contributed by atoms with Crippen LogP contribution in [-0.4, -0.2) is 37.1 Å². The van der Waals surface area contributed by atoms with Crippen LogP contribution in [0.15, 0.2) is 64.1 Å². The molecular formula is C20H20N2O4S2. The predicted molar refractivity (Wildman–Crippen MR) is 109 cm³/mol. The Morgan fingerprint density at radius 1 is 1.21 bits per heavy atom. The van der Waals surface area contributed by atoms with Gasteiger partial charge in [-0.1, -0.05) is 24.3 Å². The number of nitrogens with zero attached hydrogens (tertiary/aromatic N) is 2. The molecule has 0 N–H and O–H groups in total. The van der Waals surface area contributed by atoms with Gasteiger partial charge in [0.05, 0.1) is 17.4 Å². The molecule has 1 fully saturated rings. The third-order valence-corrected chi connectivity index (χ3v) is 7.88. The van der Waals surface area contributed by atoms with Crippen molar-refractivity contribution in [2.45, 2.75) is 17.2 Å². The van der Waals surface area contributed by atoms with Gasteiger partial charge in [0.1, 0.15) is 17.7 Å². The quantitative estimate of drug-likeness (QED) is 0.624. The van der Waals surface area contributed by atoms with E-state index >= 15 is 0 Å². The van der Waals surface area contributed by atoms with Crippen molar-refractivity contribution in [2.24, 2.45) is 0 Å². The molecule has 4 rings (SSSR count). The first-order valence-corrected chi connectivity index (χ1v) is 11.3. The van der Waals surface area contributed by atoms with Crippen LogP contribution in [0.3, 0.4) is 0 Å². The van der Waals surface area contributed by atoms with E-state index in [-0.39, 0.29) is 10.3 Å². The van der Waals surface area contributed by atoms with Gasteiger partial charge in [0.25, 0.3) is 0 Å². The van der Waals surface area contributed by atoms with Gasteiger partial charge < -0.3 is 9.15 Å². The number of benzene rings is 2. The van der Waals surface area contributed by atoms with Crippen molar-refractivity contribution < 1.29 is 17.6 Å². The molecule has 146 valence electrons. The normalized spacial score (nSPS) is 17.7. The number of aromatic nitrogens is 1. The summed E-state index contributed by atoms with van der Waals surface area (Å²) in [5, 5.41) is -0.266. The minimum atomic E-state index is -3.62. The second-order valence-corrected chi connectivity index (χ2v) is 9.47. The van der Waals surface area contributed by atoms with E-state index in [1.165, 1.54) is 0 Å². The maximum atomic E-state index is 13.3. The molecular weight excluding hydrogens is 396 g/mol. The topological polar surface area (TPSA) is 72.6 Å². The number of hydrogen-bond acceptors (Lipinski definition) is 6. The highest BCUT2D eigenvalue weighted by molar-refractivity contribution is 8.01. The largest absolute Gasteiger partial charge is 0.497 e. The van der Waals surface area contributed by atoms with Crippen LogP contribution < -0.4 is 4.74 Å². The Bertz CT molecular complexity index is 1080. The van der Waals surface area contributed by atoms with Gasteiger partial charge in [-0.25, -0.2) is 13.4 Å². The van der Waals surface area contributed by atoms with Crippen molar-refractivity contribution in [2.75, 3.05) is 19.4 Å². The molecule has 1 atom stereocenters. The van der Waals surface area contributed by atoms with E-state index in [1.54, 1.807) is 60.6 Å². The summed E-state index contributed by atoms with van der Waals surface area (Å²) in [4.78, 5) is 4.55. The number of rotatable bonds is 5. The summed E-state index contributed by atoms with van der Waals surface area (Å²) < 4.78 is 38.6. The Hall–Kier alpha value is -2.29. The summed E-state index contributed by atoms with van der Waals surface area (Å²) in [5.74, 6) is 2.04. The van der Waals surface area contributed by atoms with Crippen LogP contribution in [-0.2, 0) is 10.0 Å². The molecule has 0 amide bonds. The third-order valence-electron chi connectivity index (χ3n) is 4.60. The van der Waals surface area contributed by atoms with E-state index in [0.29, 0.717) is 18.1 Å². The van der Waals surface area contributed by atoms with Gasteiger partial charge in [-0.3, -0.25) is 0 Å². The van der Waals surface area contributed by atoms with E-state index in [9.17, 15) is 8.42 Å². The van der Waals surface area contributed by atoms with Crippen molar-refractivity contribution in [1.29, 1.82) is 0 Å². The second kappa shape index (κ2) is 7.62. The average molecular weight is 417 g/mol. The number of oxazole rings is 1. The van der Waals surface area contributed by atoms with E-state index in [0.717, 1.165) is 22.6 Å². The van der Waals surface area contributed by atoms with Crippen molar-refractivity contribution in [1.82, 2.24) is 9.29 Å². The fourth-order valence-corrected chi connectivity index (χ4v) is 6.42. The molecule has 2 heterocycles. The SMILES string of the molecule is COc1cccc([C@@H]2SCCN2S(=O)(=O)c2ccc(-c3coc(C)n3)cc2)c1. The van der Waals surface area contributed by atoms with Crippen LogP contribution in [0.25, 0.3) is 11.3 Å². The molecule has 1 saturated heterocycles. The van der Waals surface area contributed by atoms with Crippen LogP contribution in [0.2, 0.25) is 0 Å². The minimum Gasteiger partial charge on any atom is -0.497 e. The Morgan fingerprint density at radius 2 is 2.00 bits per heavy atom. The summed E-state index contributed by atoms with van der Waals surface area (Å²) in [5.41, 5.74) is 2.42. The number of aryl methyl sites for hydroxylation is 1. The monoisotopic (exact) mass is 416 g/mol. The van der Waals surface area contributed by atoms with Gasteiger partial charge in [-0.2, -0.15) is 4.31 Å². The smallest absolute Gasteiger partial charge is 0.244 e. The lowest BCUT2D eigenvalue weighted by molar-refractivity contribution is 0.410. The molecule has 1 aliphatic rings. The lowest BCUT2D eigenvalue weighted by atomic mass is 10.2. The van der Waals surface area contributed by atoms with Gasteiger partial charge in [-0.15, -0.1) is 11.8 Å². The van der Waals surface area contributed by atoms with Gasteiger partial charge >= 0.3 is 0 Å². The first-order chi connectivity index (χ1) is 13.5. The summed E-state index contributed by atoms with van der Waals surface area (Å²) in [7, 11) is -2.02. The van der Waals surface area contributed by atoms with Gasteiger partial charge in [0.2, 0.25) is 10.0 Å². The van der Waals surface area contributed by atoms with Crippen LogP contribution in [0.1, 0.15) is 16.8 Å². The average Bonchev–Trinajstić information content (AvgIpc) is 3.38. The lowest BCUT2D eigenvalue weighted by Crippen LogP contribution is -2.30. The number of hydrogen-bond donors (Lipinski definition) is 0. The molecule has 2 aromatic carbocycles. The van der Waals surface area contributed by atoms with Crippen molar-refractivity contribution >= 4 is 21.8 Å². The molecule has 0 spiro atoms. The highest BCUT2D eigenvalue weighted by atomic mass is 32.2. The summed E-state index contributed by atoms with van der Waals surface area (Å²) in [6.45, 7) is 2.24. The standard InChI is InChI=1S/C20H20N2O4S2/c1-14-21-19(13-26-14)15-6-8-18(9-7-15)28(23,24)22-10-11-27-20(22)16-4-3-5-17(12-16)25-2/h3-9,12-13,20H,10-11H2,1-2H3/t20-/m0/s1. The molecule has 6 nitrogen and oxygen atoms in total. The third kappa shape index (κ3) is 3.55. The zero-order valence-corrected chi connectivity index (χ0v) is 17.2. The molecule has 1 aliphatic heterocycles. The van der Waals surface area contributed by atoms with E-state index in [1.807, 2.05) is 24.3 Å². The van der Waals surface area contributed by atoms with Gasteiger partial charge in [0.15, 0.2) is 5.89 Å². The highest BCUT2D eigenvalue weighted by Gasteiger charge is 2.37. The summed E-state index contributed by atoms with van der Waals surface area (Å²) >= 11 is 1.62. The highest BCUT2D eigenvalue weighted by Crippen LogP contribution is 2.42. The molecule has 0 unspecified atom stereocenters. The Labute approximate surface area is 168 Å². The maximum Gasteiger partial charge on any atom is 0.244 e. The zero-order valence-electron chi connectivity index (χ0n) is 15.5.